The summed E-state index contributed by atoms with van der Waals surface area (Å²) in [7, 11) is 1.33. The molecule has 1 aromatic carbocycles. The predicted octanol–water partition coefficient (Wildman–Crippen LogP) is 4.32. The van der Waals surface area contributed by atoms with Gasteiger partial charge in [-0.05, 0) is 55.8 Å². The maximum Gasteiger partial charge on any atom is 0.737 e. The van der Waals surface area contributed by atoms with Gasteiger partial charge in [0.25, 0.3) is 0 Å². The number of rotatable bonds is 2. The Kier molecular flexibility index (Phi) is 3.96. The van der Waals surface area contributed by atoms with Gasteiger partial charge in [-0.3, -0.25) is 0 Å². The Morgan fingerprint density at radius 1 is 1.11 bits per heavy atom. The number of ether oxygens (including phenoxy) is 1. The lowest BCUT2D eigenvalue weighted by molar-refractivity contribution is -0.363. The van der Waals surface area contributed by atoms with Gasteiger partial charge in [-0.2, -0.15) is 0 Å². The number of carbonyl (C=O) groups is 1. The van der Waals surface area contributed by atoms with Crippen molar-refractivity contribution in [3.8, 4) is 0 Å². The van der Waals surface area contributed by atoms with E-state index < -0.39 is 12.9 Å². The van der Waals surface area contributed by atoms with Crippen LogP contribution in [0.3, 0.4) is 0 Å². The highest BCUT2D eigenvalue weighted by molar-refractivity contribution is 6.58. The SMILES string of the molecule is COC(=O)c1ccc(C2=C3C(C)=CC(C)=[N+]3[B-](F)(F)n3c(C)cc(C)c32)cc1. The number of allylic oxidation sites excluding steroid dienone is 2. The third kappa shape index (κ3) is 2.35. The monoisotopic (exact) mass is 382 g/mol. The van der Waals surface area contributed by atoms with Crippen molar-refractivity contribution in [2.75, 3.05) is 7.11 Å². The molecule has 0 atom stereocenters. The number of benzene rings is 1. The third-order valence-electron chi connectivity index (χ3n) is 5.53. The molecule has 0 aliphatic carbocycles. The highest BCUT2D eigenvalue weighted by Gasteiger charge is 2.55. The van der Waals surface area contributed by atoms with Gasteiger partial charge in [0.1, 0.15) is 5.71 Å². The standard InChI is InChI=1S/C21H21BF2N2O2/c1-12-10-14(3)25-19(12)18(16-6-8-17(9-7-16)21(27)28-5)20-13(2)11-15(4)26(20)22(25,23)24/h6-11H,1-5H3. The largest absolute Gasteiger partial charge is 0.737 e. The Bertz CT molecular complexity index is 1120. The molecule has 7 heteroatoms. The number of nitrogens with zero attached hydrogens (tertiary/aromatic N) is 2. The summed E-state index contributed by atoms with van der Waals surface area (Å²) in [6.45, 7) is 3.14. The lowest BCUT2D eigenvalue weighted by Gasteiger charge is -2.34. The number of esters is 1. The molecule has 3 heterocycles. The zero-order valence-electron chi connectivity index (χ0n) is 16.5. The van der Waals surface area contributed by atoms with Gasteiger partial charge >= 0.3 is 12.9 Å². The minimum Gasteiger partial charge on any atom is -0.465 e. The average Bonchev–Trinajstić information content (AvgIpc) is 3.12. The van der Waals surface area contributed by atoms with E-state index in [2.05, 4.69) is 0 Å². The number of methoxy groups -OCH3 is 1. The van der Waals surface area contributed by atoms with Crippen molar-refractivity contribution in [3.05, 3.63) is 75.8 Å². The van der Waals surface area contributed by atoms with Crippen LogP contribution in [0.15, 0.2) is 47.7 Å². The molecular formula is C21H21BF2N2O2. The summed E-state index contributed by atoms with van der Waals surface area (Å²) >= 11 is 0. The van der Waals surface area contributed by atoms with Gasteiger partial charge < -0.3 is 22.3 Å². The van der Waals surface area contributed by atoms with Crippen molar-refractivity contribution in [2.45, 2.75) is 27.7 Å². The molecule has 2 aliphatic heterocycles. The minimum atomic E-state index is -3.99. The van der Waals surface area contributed by atoms with Crippen molar-refractivity contribution in [3.63, 3.8) is 0 Å². The van der Waals surface area contributed by atoms with Crippen LogP contribution in [-0.4, -0.2) is 34.7 Å². The van der Waals surface area contributed by atoms with Gasteiger partial charge in [-0.1, -0.05) is 12.1 Å². The maximum absolute atomic E-state index is 15.6. The number of aromatic nitrogens is 1. The van der Waals surface area contributed by atoms with Crippen LogP contribution in [-0.2, 0) is 4.74 Å². The van der Waals surface area contributed by atoms with Crippen LogP contribution in [0.25, 0.3) is 5.57 Å². The normalized spacial score (nSPS) is 17.5. The second-order valence-electron chi connectivity index (χ2n) is 7.41. The number of carbonyl (C=O) groups excluding carboxylic acids is 1. The summed E-state index contributed by atoms with van der Waals surface area (Å²) in [5, 5.41) is 0. The fourth-order valence-electron chi connectivity index (χ4n) is 4.46. The zero-order valence-corrected chi connectivity index (χ0v) is 16.5. The fraction of sp³-hybridized carbons (Fsp3) is 0.238. The lowest BCUT2D eigenvalue weighted by atomic mass is 9.83. The van der Waals surface area contributed by atoms with Crippen molar-refractivity contribution in [2.24, 2.45) is 0 Å². The van der Waals surface area contributed by atoms with Gasteiger partial charge in [0, 0.05) is 24.3 Å². The number of hydrogen-bond donors (Lipinski definition) is 0. The Morgan fingerprint density at radius 3 is 2.36 bits per heavy atom. The number of halogens is 2. The third-order valence-corrected chi connectivity index (χ3v) is 5.53. The molecule has 0 radical (unpaired) electrons. The van der Waals surface area contributed by atoms with Crippen LogP contribution in [0.5, 0.6) is 0 Å². The first-order valence-electron chi connectivity index (χ1n) is 9.14. The number of fused-ring (bicyclic) bond motifs is 2. The van der Waals surface area contributed by atoms with Gasteiger partial charge in [0.15, 0.2) is 5.70 Å². The van der Waals surface area contributed by atoms with Crippen LogP contribution in [0, 0.1) is 13.8 Å². The van der Waals surface area contributed by atoms with E-state index in [1.165, 1.54) is 16.1 Å². The molecule has 0 saturated carbocycles. The quantitative estimate of drug-likeness (QED) is 0.573. The summed E-state index contributed by atoms with van der Waals surface area (Å²) in [6.07, 6.45) is 1.80. The summed E-state index contributed by atoms with van der Waals surface area (Å²) in [5.74, 6) is -0.430. The van der Waals surface area contributed by atoms with E-state index >= 15 is 8.63 Å². The summed E-state index contributed by atoms with van der Waals surface area (Å²) in [6, 6.07) is 8.70. The molecule has 2 aliphatic rings. The fourth-order valence-corrected chi connectivity index (χ4v) is 4.46. The Balaban J connectivity index is 2.05. The summed E-state index contributed by atoms with van der Waals surface area (Å²) < 4.78 is 38.2. The van der Waals surface area contributed by atoms with Crippen LogP contribution < -0.4 is 0 Å². The van der Waals surface area contributed by atoms with Crippen molar-refractivity contribution in [1.82, 2.24) is 4.48 Å². The smallest absolute Gasteiger partial charge is 0.465 e. The van der Waals surface area contributed by atoms with Crippen LogP contribution in [0.4, 0.5) is 8.63 Å². The molecule has 2 aromatic rings. The van der Waals surface area contributed by atoms with E-state index in [9.17, 15) is 4.79 Å². The number of aryl methyl sites for hydroxylation is 2. The zero-order chi connectivity index (χ0) is 20.4. The maximum atomic E-state index is 15.6. The van der Waals surface area contributed by atoms with E-state index in [4.69, 9.17) is 4.74 Å². The van der Waals surface area contributed by atoms with Crippen molar-refractivity contribution in [1.29, 1.82) is 0 Å². The molecule has 0 unspecified atom stereocenters. The molecule has 4 nitrogen and oxygen atoms in total. The summed E-state index contributed by atoms with van der Waals surface area (Å²) in [5.41, 5.74) is 5.67. The second-order valence-corrected chi connectivity index (χ2v) is 7.41. The van der Waals surface area contributed by atoms with Gasteiger partial charge in [-0.25, -0.2) is 4.79 Å². The van der Waals surface area contributed by atoms with Gasteiger partial charge in [0.2, 0.25) is 0 Å². The molecule has 144 valence electrons. The van der Waals surface area contributed by atoms with Crippen LogP contribution >= 0.6 is 0 Å². The van der Waals surface area contributed by atoms with E-state index in [0.29, 0.717) is 28.4 Å². The van der Waals surface area contributed by atoms with Crippen molar-refractivity contribution >= 4 is 24.2 Å². The van der Waals surface area contributed by atoms with Crippen LogP contribution in [0.1, 0.15) is 46.7 Å². The first-order valence-corrected chi connectivity index (χ1v) is 9.14. The molecule has 0 fully saturated rings. The molecule has 0 spiro atoms. The van der Waals surface area contributed by atoms with Gasteiger partial charge in [-0.15, -0.1) is 0 Å². The summed E-state index contributed by atoms with van der Waals surface area (Å²) in [4.78, 5) is 11.8. The first kappa shape index (κ1) is 18.4. The molecule has 0 bridgehead atoms. The lowest BCUT2D eigenvalue weighted by Crippen LogP contribution is -2.51. The molecule has 0 N–H and O–H groups in total. The predicted molar refractivity (Wildman–Crippen MR) is 106 cm³/mol. The highest BCUT2D eigenvalue weighted by atomic mass is 19.2. The average molecular weight is 382 g/mol. The first-order chi connectivity index (χ1) is 13.2. The molecule has 4 rings (SSSR count). The molecule has 1 aromatic heterocycles. The second kappa shape index (κ2) is 6.02. The minimum absolute atomic E-state index is 0.420. The van der Waals surface area contributed by atoms with Crippen molar-refractivity contribution < 1.29 is 22.6 Å². The van der Waals surface area contributed by atoms with Gasteiger partial charge in [0.05, 0.1) is 18.2 Å². The van der Waals surface area contributed by atoms with E-state index in [-0.39, 0.29) is 0 Å². The highest BCUT2D eigenvalue weighted by Crippen LogP contribution is 2.44. The number of hydrogen-bond acceptors (Lipinski definition) is 2. The topological polar surface area (TPSA) is 34.2 Å². The molecule has 0 saturated heterocycles. The Labute approximate surface area is 162 Å². The molecular weight excluding hydrogens is 361 g/mol. The Morgan fingerprint density at radius 2 is 1.75 bits per heavy atom. The Hall–Kier alpha value is -2.96. The van der Waals surface area contributed by atoms with E-state index in [0.717, 1.165) is 22.3 Å². The van der Waals surface area contributed by atoms with Crippen LogP contribution in [0.2, 0.25) is 0 Å². The molecule has 28 heavy (non-hydrogen) atoms. The van der Waals surface area contributed by atoms with E-state index in [1.54, 1.807) is 50.3 Å². The molecule has 0 amide bonds. The van der Waals surface area contributed by atoms with E-state index in [1.807, 2.05) is 13.8 Å².